The Kier molecular flexibility index (Phi) is 7.20. The Morgan fingerprint density at radius 1 is 0.293 bits per heavy atom. The van der Waals surface area contributed by atoms with Crippen LogP contribution in [-0.4, -0.2) is 19.1 Å². The molecule has 0 unspecified atom stereocenters. The van der Waals surface area contributed by atoms with Crippen LogP contribution in [0.2, 0.25) is 0 Å². The zero-order valence-corrected chi connectivity index (χ0v) is 31.4. The fourth-order valence-corrected chi connectivity index (χ4v) is 9.00. The van der Waals surface area contributed by atoms with Gasteiger partial charge in [-0.1, -0.05) is 140 Å². The van der Waals surface area contributed by atoms with Crippen molar-refractivity contribution in [2.45, 2.75) is 0 Å². The van der Waals surface area contributed by atoms with Gasteiger partial charge >= 0.3 is 0 Å². The van der Waals surface area contributed by atoms with Gasteiger partial charge in [-0.15, -0.1) is 0 Å². The van der Waals surface area contributed by atoms with Crippen LogP contribution in [-0.2, 0) is 0 Å². The van der Waals surface area contributed by atoms with Crippen LogP contribution in [0, 0.1) is 0 Å². The molecule has 0 aliphatic rings. The van der Waals surface area contributed by atoms with Crippen molar-refractivity contribution in [1.82, 2.24) is 19.1 Å². The van der Waals surface area contributed by atoms with Gasteiger partial charge in [0.05, 0.1) is 44.5 Å². The van der Waals surface area contributed by atoms with Gasteiger partial charge in [-0.2, -0.15) is 0 Å². The van der Waals surface area contributed by atoms with E-state index in [9.17, 15) is 0 Å². The van der Waals surface area contributed by atoms with E-state index in [1.54, 1.807) is 0 Å². The van der Waals surface area contributed by atoms with Crippen LogP contribution in [0.1, 0.15) is 0 Å². The molecule has 0 aliphatic carbocycles. The molecule has 0 radical (unpaired) electrons. The van der Waals surface area contributed by atoms with Gasteiger partial charge < -0.3 is 9.13 Å². The van der Waals surface area contributed by atoms with Crippen molar-refractivity contribution in [3.8, 4) is 45.0 Å². The lowest BCUT2D eigenvalue weighted by Gasteiger charge is -2.12. The van der Waals surface area contributed by atoms with Crippen LogP contribution in [0.4, 0.5) is 0 Å². The lowest BCUT2D eigenvalue weighted by atomic mass is 10.00. The van der Waals surface area contributed by atoms with E-state index in [1.165, 1.54) is 65.5 Å². The van der Waals surface area contributed by atoms with Gasteiger partial charge in [-0.3, -0.25) is 0 Å². The Bertz CT molecular complexity index is 3540. The molecule has 3 heterocycles. The van der Waals surface area contributed by atoms with E-state index in [0.717, 1.165) is 44.9 Å². The molecule has 58 heavy (non-hydrogen) atoms. The summed E-state index contributed by atoms with van der Waals surface area (Å²) >= 11 is 0. The van der Waals surface area contributed by atoms with Crippen LogP contribution >= 0.6 is 0 Å². The topological polar surface area (TPSA) is 35.6 Å². The summed E-state index contributed by atoms with van der Waals surface area (Å²) in [5, 5.41) is 7.45. The van der Waals surface area contributed by atoms with E-state index < -0.39 is 0 Å². The first-order valence-corrected chi connectivity index (χ1v) is 19.7. The zero-order chi connectivity index (χ0) is 38.2. The van der Waals surface area contributed by atoms with Gasteiger partial charge in [0.2, 0.25) is 0 Å². The summed E-state index contributed by atoms with van der Waals surface area (Å²) in [5.74, 6) is 0. The molecule has 0 atom stereocenters. The van der Waals surface area contributed by atoms with Crippen LogP contribution in [0.3, 0.4) is 0 Å². The maximum absolute atomic E-state index is 5.15. The summed E-state index contributed by atoms with van der Waals surface area (Å²) in [7, 11) is 0. The predicted octanol–water partition coefficient (Wildman–Crippen LogP) is 14.0. The molecule has 12 aromatic rings. The molecule has 12 rings (SSSR count). The Labute approximate surface area is 334 Å². The number of hydrogen-bond donors (Lipinski definition) is 0. The monoisotopic (exact) mass is 738 g/mol. The predicted molar refractivity (Wildman–Crippen MR) is 242 cm³/mol. The van der Waals surface area contributed by atoms with Crippen molar-refractivity contribution in [2.24, 2.45) is 0 Å². The molecule has 4 heteroatoms. The molecule has 3 aromatic heterocycles. The number of rotatable bonds is 5. The summed E-state index contributed by atoms with van der Waals surface area (Å²) in [5.41, 5.74) is 15.0. The normalized spacial score (nSPS) is 11.8. The van der Waals surface area contributed by atoms with Gasteiger partial charge in [-0.05, 0) is 83.2 Å². The van der Waals surface area contributed by atoms with Crippen LogP contribution in [0.15, 0.2) is 206 Å². The van der Waals surface area contributed by atoms with Gasteiger partial charge in [0.25, 0.3) is 0 Å². The zero-order valence-electron chi connectivity index (χ0n) is 31.4. The quantitative estimate of drug-likeness (QED) is 0.176. The second kappa shape index (κ2) is 12.9. The highest BCUT2D eigenvalue weighted by molar-refractivity contribution is 6.19. The maximum atomic E-state index is 5.15. The third-order valence-corrected chi connectivity index (χ3v) is 11.7. The summed E-state index contributed by atoms with van der Waals surface area (Å²) in [6, 6.07) is 73.8. The fraction of sp³-hybridized carbons (Fsp3) is 0. The minimum absolute atomic E-state index is 0.875. The standard InChI is InChI=1S/C54H34N4/c1-3-14-36(15-4-1)52-53(56-48-21-11-10-20-47(48)55-52)37-23-28-41(29-24-37)57-49-22-12-9-19-43(49)45-33-38(26-31-50(45)57)39-27-32-51-46(34-39)44-30-25-35-13-7-8-18-42(35)54(44)58(51)40-16-5-2-6-17-40/h1-34H. The molecule has 0 fully saturated rings. The number of benzene rings is 9. The summed E-state index contributed by atoms with van der Waals surface area (Å²) in [4.78, 5) is 10.2. The Morgan fingerprint density at radius 2 is 0.793 bits per heavy atom. The van der Waals surface area contributed by atoms with Crippen molar-refractivity contribution < 1.29 is 0 Å². The van der Waals surface area contributed by atoms with Gasteiger partial charge in [-0.25, -0.2) is 9.97 Å². The minimum atomic E-state index is 0.875. The first kappa shape index (κ1) is 32.4. The average molecular weight is 739 g/mol. The van der Waals surface area contributed by atoms with Crippen LogP contribution < -0.4 is 0 Å². The second-order valence-electron chi connectivity index (χ2n) is 15.0. The summed E-state index contributed by atoms with van der Waals surface area (Å²) in [6.45, 7) is 0. The molecular weight excluding hydrogens is 705 g/mol. The Morgan fingerprint density at radius 3 is 1.50 bits per heavy atom. The first-order valence-electron chi connectivity index (χ1n) is 19.7. The van der Waals surface area contributed by atoms with Gasteiger partial charge in [0.1, 0.15) is 0 Å². The van der Waals surface area contributed by atoms with Crippen molar-refractivity contribution >= 4 is 65.4 Å². The van der Waals surface area contributed by atoms with E-state index in [4.69, 9.17) is 9.97 Å². The molecule has 0 bridgehead atoms. The van der Waals surface area contributed by atoms with E-state index in [-0.39, 0.29) is 0 Å². The first-order chi connectivity index (χ1) is 28.8. The number of aromatic nitrogens is 4. The van der Waals surface area contributed by atoms with Gasteiger partial charge in [0, 0.05) is 49.4 Å². The fourth-order valence-electron chi connectivity index (χ4n) is 9.00. The van der Waals surface area contributed by atoms with E-state index in [2.05, 4.69) is 185 Å². The molecule has 0 amide bonds. The van der Waals surface area contributed by atoms with Gasteiger partial charge in [0.15, 0.2) is 0 Å². The van der Waals surface area contributed by atoms with Crippen molar-refractivity contribution in [2.75, 3.05) is 0 Å². The summed E-state index contributed by atoms with van der Waals surface area (Å²) < 4.78 is 4.80. The highest BCUT2D eigenvalue weighted by atomic mass is 15.0. The molecule has 0 N–H and O–H groups in total. The van der Waals surface area contributed by atoms with Crippen molar-refractivity contribution in [1.29, 1.82) is 0 Å². The number of nitrogens with zero attached hydrogens (tertiary/aromatic N) is 4. The molecular formula is C54H34N4. The molecule has 9 aromatic carbocycles. The van der Waals surface area contributed by atoms with Crippen molar-refractivity contribution in [3.63, 3.8) is 0 Å². The van der Waals surface area contributed by atoms with E-state index in [0.29, 0.717) is 0 Å². The highest BCUT2D eigenvalue weighted by Crippen LogP contribution is 2.41. The third-order valence-electron chi connectivity index (χ3n) is 11.7. The highest BCUT2D eigenvalue weighted by Gasteiger charge is 2.19. The SMILES string of the molecule is c1ccc(-c2nc3ccccc3nc2-c2ccc(-n3c4ccccc4c4cc(-c5ccc6c(c5)c5ccc7ccccc7c5n6-c5ccccc5)ccc43)cc2)cc1. The molecule has 4 nitrogen and oxygen atoms in total. The van der Waals surface area contributed by atoms with Crippen LogP contribution in [0.5, 0.6) is 0 Å². The maximum Gasteiger partial charge on any atom is 0.0973 e. The lowest BCUT2D eigenvalue weighted by Crippen LogP contribution is -1.97. The molecule has 0 saturated heterocycles. The number of para-hydroxylation sites is 4. The van der Waals surface area contributed by atoms with Crippen molar-refractivity contribution in [3.05, 3.63) is 206 Å². The van der Waals surface area contributed by atoms with Crippen LogP contribution in [0.25, 0.3) is 110 Å². The average Bonchev–Trinajstić information content (AvgIpc) is 3.82. The Hall–Kier alpha value is -7.82. The van der Waals surface area contributed by atoms with E-state index in [1.807, 2.05) is 30.3 Å². The molecule has 0 aliphatic heterocycles. The summed E-state index contributed by atoms with van der Waals surface area (Å²) in [6.07, 6.45) is 0. The second-order valence-corrected chi connectivity index (χ2v) is 15.0. The molecule has 270 valence electrons. The third kappa shape index (κ3) is 5.02. The smallest absolute Gasteiger partial charge is 0.0973 e. The number of fused-ring (bicyclic) bond motifs is 9. The molecule has 0 spiro atoms. The lowest BCUT2D eigenvalue weighted by molar-refractivity contribution is 1.18. The molecule has 0 saturated carbocycles. The largest absolute Gasteiger partial charge is 0.309 e. The van der Waals surface area contributed by atoms with E-state index >= 15 is 0 Å². The minimum Gasteiger partial charge on any atom is -0.309 e. The number of hydrogen-bond acceptors (Lipinski definition) is 2. The Balaban J connectivity index is 0.993.